The summed E-state index contributed by atoms with van der Waals surface area (Å²) in [4.78, 5) is 44.1. The number of allylic oxidation sites excluding steroid dienone is 1. The first-order valence-corrected chi connectivity index (χ1v) is 13.5. The number of halogens is 1. The summed E-state index contributed by atoms with van der Waals surface area (Å²) >= 11 is 8.02. The van der Waals surface area contributed by atoms with Crippen molar-refractivity contribution in [2.45, 2.75) is 39.4 Å². The first-order valence-electron chi connectivity index (χ1n) is 11.9. The van der Waals surface area contributed by atoms with Gasteiger partial charge in [0.15, 0.2) is 11.5 Å². The Bertz CT molecular complexity index is 1160. The molecule has 1 aromatic rings. The zero-order chi connectivity index (χ0) is 26.2. The fourth-order valence-electron chi connectivity index (χ4n) is 4.90. The Labute approximate surface area is 220 Å². The number of nitrogens with one attached hydrogen (secondary N) is 2. The highest BCUT2D eigenvalue weighted by atomic mass is 35.5. The Kier molecular flexibility index (Phi) is 7.56. The minimum Gasteiger partial charge on any atom is -0.448 e. The molecule has 0 saturated carbocycles. The summed E-state index contributed by atoms with van der Waals surface area (Å²) in [6, 6.07) is 1.48. The molecule has 4 amide bonds. The zero-order valence-corrected chi connectivity index (χ0v) is 22.6. The van der Waals surface area contributed by atoms with Crippen LogP contribution >= 0.6 is 23.4 Å². The lowest BCUT2D eigenvalue weighted by atomic mass is 9.89. The molecular formula is C25H31ClN4O5S. The van der Waals surface area contributed by atoms with E-state index in [-0.39, 0.29) is 35.3 Å². The van der Waals surface area contributed by atoms with E-state index < -0.39 is 11.7 Å². The van der Waals surface area contributed by atoms with E-state index in [4.69, 9.17) is 21.1 Å². The van der Waals surface area contributed by atoms with Gasteiger partial charge in [0.2, 0.25) is 0 Å². The van der Waals surface area contributed by atoms with Gasteiger partial charge in [-0.15, -0.1) is 11.8 Å². The largest absolute Gasteiger partial charge is 0.448 e. The van der Waals surface area contributed by atoms with Crippen molar-refractivity contribution >= 4 is 46.9 Å². The normalized spacial score (nSPS) is 23.8. The molecule has 1 fully saturated rings. The highest BCUT2D eigenvalue weighted by molar-refractivity contribution is 8.02. The lowest BCUT2D eigenvalue weighted by Gasteiger charge is -2.38. The standard InChI is InChI=1S/C25H31ClN4O5S/c1-13-10-19(36-5)17(23(32)29-13)12-28-22(31)16-11-18(26)21-20(14(16)2)34-25(3,35-21)15-6-8-30(9-7-15)24(33)27-4/h10-11,15,17H,6-9,12H2,1-5H3,(H,27,33)(H,28,31). The van der Waals surface area contributed by atoms with E-state index in [1.54, 1.807) is 31.9 Å². The smallest absolute Gasteiger partial charge is 0.317 e. The van der Waals surface area contributed by atoms with Gasteiger partial charge in [0.05, 0.1) is 10.9 Å². The van der Waals surface area contributed by atoms with E-state index >= 15 is 0 Å². The number of likely N-dealkylation sites (tertiary alicyclic amines) is 1. The molecule has 3 heterocycles. The summed E-state index contributed by atoms with van der Waals surface area (Å²) in [5.41, 5.74) is 1.63. The molecule has 0 spiro atoms. The molecule has 11 heteroatoms. The maximum absolute atomic E-state index is 13.1. The van der Waals surface area contributed by atoms with Gasteiger partial charge in [-0.2, -0.15) is 0 Å². The van der Waals surface area contributed by atoms with E-state index in [1.807, 2.05) is 19.3 Å². The summed E-state index contributed by atoms with van der Waals surface area (Å²) in [6.07, 6.45) is 5.19. The summed E-state index contributed by atoms with van der Waals surface area (Å²) in [6.45, 7) is 6.77. The predicted molar refractivity (Wildman–Crippen MR) is 140 cm³/mol. The van der Waals surface area contributed by atoms with Gasteiger partial charge in [0, 0.05) is 61.3 Å². The highest BCUT2D eigenvalue weighted by Crippen LogP contribution is 2.51. The minimum atomic E-state index is -0.955. The van der Waals surface area contributed by atoms with Crippen molar-refractivity contribution in [2.75, 3.05) is 32.9 Å². The van der Waals surface area contributed by atoms with Crippen LogP contribution in [0.4, 0.5) is 4.79 Å². The molecule has 2 unspecified atom stereocenters. The zero-order valence-electron chi connectivity index (χ0n) is 21.1. The lowest BCUT2D eigenvalue weighted by Crippen LogP contribution is -2.51. The van der Waals surface area contributed by atoms with Gasteiger partial charge >= 0.3 is 6.03 Å². The molecule has 2 N–H and O–H groups in total. The number of aliphatic imine (C=N–C) groups is 1. The van der Waals surface area contributed by atoms with Crippen molar-refractivity contribution in [3.05, 3.63) is 33.2 Å². The number of dihydropyridines is 1. The number of benzene rings is 1. The van der Waals surface area contributed by atoms with Crippen LogP contribution in [0.15, 0.2) is 22.0 Å². The van der Waals surface area contributed by atoms with Crippen LogP contribution in [0.25, 0.3) is 0 Å². The van der Waals surface area contributed by atoms with Crippen molar-refractivity contribution in [1.29, 1.82) is 0 Å². The van der Waals surface area contributed by atoms with E-state index in [1.165, 1.54) is 11.8 Å². The number of hydrogen-bond acceptors (Lipinski definition) is 6. The topological polar surface area (TPSA) is 109 Å². The van der Waals surface area contributed by atoms with Gasteiger partial charge in [-0.25, -0.2) is 9.79 Å². The van der Waals surface area contributed by atoms with Gasteiger partial charge in [-0.3, -0.25) is 9.59 Å². The first kappa shape index (κ1) is 26.3. The predicted octanol–water partition coefficient (Wildman–Crippen LogP) is 3.78. The number of ether oxygens (including phenoxy) is 2. The number of piperidine rings is 1. The molecule has 9 nitrogen and oxygen atoms in total. The number of carbonyl (C=O) groups excluding carboxylic acids is 3. The van der Waals surface area contributed by atoms with Crippen LogP contribution in [0.3, 0.4) is 0 Å². The Morgan fingerprint density at radius 2 is 1.92 bits per heavy atom. The average Bonchev–Trinajstić information content (AvgIpc) is 3.24. The van der Waals surface area contributed by atoms with Crippen LogP contribution in [0.2, 0.25) is 5.02 Å². The number of hydrogen-bond donors (Lipinski definition) is 2. The quantitative estimate of drug-likeness (QED) is 0.595. The average molecular weight is 535 g/mol. The Balaban J connectivity index is 1.47. The first-order chi connectivity index (χ1) is 17.1. The molecule has 0 aromatic heterocycles. The second-order valence-electron chi connectivity index (χ2n) is 9.33. The minimum absolute atomic E-state index is 0.0385. The second-order valence-corrected chi connectivity index (χ2v) is 10.6. The van der Waals surface area contributed by atoms with E-state index in [2.05, 4.69) is 15.6 Å². The van der Waals surface area contributed by atoms with E-state index in [9.17, 15) is 14.4 Å². The van der Waals surface area contributed by atoms with E-state index in [0.717, 1.165) is 4.91 Å². The fourth-order valence-corrected chi connectivity index (χ4v) is 5.90. The number of amides is 4. The molecule has 0 aliphatic carbocycles. The molecule has 4 rings (SSSR count). The van der Waals surface area contributed by atoms with Gasteiger partial charge in [0.1, 0.15) is 0 Å². The number of thioether (sulfide) groups is 1. The highest BCUT2D eigenvalue weighted by Gasteiger charge is 2.47. The van der Waals surface area contributed by atoms with Crippen molar-refractivity contribution in [2.24, 2.45) is 16.8 Å². The molecule has 194 valence electrons. The third-order valence-electron chi connectivity index (χ3n) is 7.01. The molecule has 0 radical (unpaired) electrons. The van der Waals surface area contributed by atoms with Gasteiger partial charge in [-0.1, -0.05) is 11.6 Å². The van der Waals surface area contributed by atoms with Gasteiger partial charge in [0.25, 0.3) is 17.6 Å². The molecule has 3 aliphatic heterocycles. The maximum atomic E-state index is 13.1. The van der Waals surface area contributed by atoms with Crippen molar-refractivity contribution < 1.29 is 23.9 Å². The van der Waals surface area contributed by atoms with E-state index in [0.29, 0.717) is 54.3 Å². The van der Waals surface area contributed by atoms with Crippen molar-refractivity contribution in [1.82, 2.24) is 15.5 Å². The third-order valence-corrected chi connectivity index (χ3v) is 8.17. The molecule has 0 bridgehead atoms. The number of urea groups is 1. The van der Waals surface area contributed by atoms with Crippen LogP contribution in [0, 0.1) is 18.8 Å². The molecule has 36 heavy (non-hydrogen) atoms. The maximum Gasteiger partial charge on any atom is 0.317 e. The number of carbonyl (C=O) groups is 3. The summed E-state index contributed by atoms with van der Waals surface area (Å²) in [5.74, 6) is -1.18. The van der Waals surface area contributed by atoms with Crippen LogP contribution in [0.5, 0.6) is 11.5 Å². The van der Waals surface area contributed by atoms with Gasteiger partial charge in [-0.05, 0) is 45.1 Å². The monoisotopic (exact) mass is 534 g/mol. The van der Waals surface area contributed by atoms with Gasteiger partial charge < -0.3 is 25.0 Å². The lowest BCUT2D eigenvalue weighted by molar-refractivity contribution is -0.122. The number of fused-ring (bicyclic) bond motifs is 1. The number of nitrogens with zero attached hydrogens (tertiary/aromatic N) is 2. The van der Waals surface area contributed by atoms with Crippen molar-refractivity contribution in [3.8, 4) is 11.5 Å². The summed E-state index contributed by atoms with van der Waals surface area (Å²) in [7, 11) is 1.62. The Morgan fingerprint density at radius 3 is 2.56 bits per heavy atom. The summed E-state index contributed by atoms with van der Waals surface area (Å²) in [5, 5.41) is 5.80. The molecule has 3 aliphatic rings. The fraction of sp³-hybridized carbons (Fsp3) is 0.520. The molecule has 1 aromatic carbocycles. The van der Waals surface area contributed by atoms with Crippen LogP contribution in [-0.2, 0) is 4.79 Å². The SMILES string of the molecule is CNC(=O)N1CCC(C2(C)Oc3c(Cl)cc(C(=O)NCC4C(=O)N=C(C)C=C4SC)c(C)c3O2)CC1. The Morgan fingerprint density at radius 1 is 1.25 bits per heavy atom. The van der Waals surface area contributed by atoms with Crippen LogP contribution in [0.1, 0.15) is 42.6 Å². The number of rotatable bonds is 5. The molecule has 2 atom stereocenters. The second kappa shape index (κ2) is 10.3. The molecular weight excluding hydrogens is 504 g/mol. The van der Waals surface area contributed by atoms with Crippen LogP contribution < -0.4 is 20.1 Å². The summed E-state index contributed by atoms with van der Waals surface area (Å²) < 4.78 is 12.6. The van der Waals surface area contributed by atoms with Crippen LogP contribution in [-0.4, -0.2) is 67.2 Å². The Hall–Kier alpha value is -2.72. The third kappa shape index (κ3) is 4.93. The van der Waals surface area contributed by atoms with Crippen molar-refractivity contribution in [3.63, 3.8) is 0 Å². The molecule has 1 saturated heterocycles.